The van der Waals surface area contributed by atoms with E-state index < -0.39 is 70.5 Å². The number of nitrogens with one attached hydrogen (secondary N) is 2. The molecule has 0 aromatic heterocycles. The molecule has 0 saturated carbocycles. The standard InChI is InChI=1S/C29H24ClF3N4O8S2/c1-18-3-11-24(16-27(18)37(39)40)47(43,44)36(21-7-9-22(45-2)10-8-21)17-28(38)34-19-4-12-23(13-5-19)46(41,42)35-20-6-14-26(30)25(15-20)29(31,32)33/h3-16,35H,17H2,1-2H3,(H,34,38). The van der Waals surface area contributed by atoms with Crippen molar-refractivity contribution in [3.8, 4) is 5.75 Å². The Hall–Kier alpha value is -4.87. The normalized spacial score (nSPS) is 11.9. The van der Waals surface area contributed by atoms with Gasteiger partial charge in [0.25, 0.3) is 25.7 Å². The Morgan fingerprint density at radius 1 is 0.915 bits per heavy atom. The second-order valence-corrected chi connectivity index (χ2v) is 13.7. The number of benzene rings is 4. The molecule has 0 aliphatic carbocycles. The Morgan fingerprint density at radius 2 is 1.51 bits per heavy atom. The van der Waals surface area contributed by atoms with Gasteiger partial charge in [0, 0.05) is 23.0 Å². The molecule has 0 aliphatic heterocycles. The van der Waals surface area contributed by atoms with Crippen LogP contribution in [-0.2, 0) is 31.0 Å². The molecule has 2 N–H and O–H groups in total. The van der Waals surface area contributed by atoms with Crippen LogP contribution >= 0.6 is 11.6 Å². The summed E-state index contributed by atoms with van der Waals surface area (Å²) in [6.45, 7) is 0.646. The third-order valence-corrected chi connectivity index (χ3v) is 10.1. The summed E-state index contributed by atoms with van der Waals surface area (Å²) in [7, 11) is -7.52. The van der Waals surface area contributed by atoms with Crippen LogP contribution in [0.3, 0.4) is 0 Å². The summed E-state index contributed by atoms with van der Waals surface area (Å²) in [5.41, 5.74) is -1.75. The number of nitro benzene ring substituents is 1. The van der Waals surface area contributed by atoms with Crippen LogP contribution in [0.1, 0.15) is 11.1 Å². The number of sulfonamides is 2. The van der Waals surface area contributed by atoms with Gasteiger partial charge in [-0.25, -0.2) is 16.8 Å². The summed E-state index contributed by atoms with van der Waals surface area (Å²) in [6.07, 6.45) is -4.82. The van der Waals surface area contributed by atoms with E-state index in [4.69, 9.17) is 16.3 Å². The first-order valence-electron chi connectivity index (χ1n) is 13.1. The second-order valence-electron chi connectivity index (χ2n) is 9.79. The smallest absolute Gasteiger partial charge is 0.417 e. The fourth-order valence-corrected chi connectivity index (χ4v) is 6.92. The number of anilines is 3. The summed E-state index contributed by atoms with van der Waals surface area (Å²) < 4.78 is 101. The molecule has 4 aromatic carbocycles. The van der Waals surface area contributed by atoms with Gasteiger partial charge in [-0.15, -0.1) is 0 Å². The average molecular weight is 713 g/mol. The molecular weight excluding hydrogens is 689 g/mol. The van der Waals surface area contributed by atoms with Crippen molar-refractivity contribution in [2.45, 2.75) is 22.9 Å². The van der Waals surface area contributed by atoms with Crippen LogP contribution in [0.25, 0.3) is 0 Å². The van der Waals surface area contributed by atoms with Crippen molar-refractivity contribution in [2.24, 2.45) is 0 Å². The molecule has 0 radical (unpaired) electrons. The van der Waals surface area contributed by atoms with Crippen LogP contribution in [0.4, 0.5) is 35.9 Å². The first kappa shape index (κ1) is 35.0. The fraction of sp³-hybridized carbons (Fsp3) is 0.138. The van der Waals surface area contributed by atoms with E-state index in [0.717, 1.165) is 34.6 Å². The summed E-state index contributed by atoms with van der Waals surface area (Å²) in [5.74, 6) is -0.469. The summed E-state index contributed by atoms with van der Waals surface area (Å²) in [4.78, 5) is 23.0. The van der Waals surface area contributed by atoms with Gasteiger partial charge in [-0.1, -0.05) is 17.7 Å². The van der Waals surface area contributed by atoms with E-state index in [-0.39, 0.29) is 21.8 Å². The summed E-state index contributed by atoms with van der Waals surface area (Å²) >= 11 is 5.59. The van der Waals surface area contributed by atoms with Crippen LogP contribution < -0.4 is 19.1 Å². The summed E-state index contributed by atoms with van der Waals surface area (Å²) in [5, 5.41) is 13.3. The van der Waals surface area contributed by atoms with Crippen molar-refractivity contribution in [3.63, 3.8) is 0 Å². The lowest BCUT2D eigenvalue weighted by Gasteiger charge is -2.24. The lowest BCUT2D eigenvalue weighted by atomic mass is 10.2. The zero-order valence-corrected chi connectivity index (χ0v) is 26.7. The van der Waals surface area contributed by atoms with Gasteiger partial charge in [0.15, 0.2) is 0 Å². The molecule has 0 spiro atoms. The molecule has 18 heteroatoms. The van der Waals surface area contributed by atoms with Crippen molar-refractivity contribution in [1.29, 1.82) is 0 Å². The maximum absolute atomic E-state index is 13.7. The number of ether oxygens (including phenoxy) is 1. The van der Waals surface area contributed by atoms with E-state index in [9.17, 15) is 44.9 Å². The number of hydrogen-bond donors (Lipinski definition) is 2. The topological polar surface area (TPSA) is 165 Å². The molecule has 0 aliphatic rings. The molecule has 12 nitrogen and oxygen atoms in total. The maximum atomic E-state index is 13.7. The molecule has 0 atom stereocenters. The molecule has 248 valence electrons. The van der Waals surface area contributed by atoms with Crippen molar-refractivity contribution >= 4 is 60.3 Å². The largest absolute Gasteiger partial charge is 0.497 e. The number of carbonyl (C=O) groups excluding carboxylic acids is 1. The van der Waals surface area contributed by atoms with E-state index >= 15 is 0 Å². The molecular formula is C29H24ClF3N4O8S2. The van der Waals surface area contributed by atoms with Gasteiger partial charge in [-0.3, -0.25) is 23.9 Å². The SMILES string of the molecule is COc1ccc(N(CC(=O)Nc2ccc(S(=O)(=O)Nc3ccc(Cl)c(C(F)(F)F)c3)cc2)S(=O)(=O)c2ccc(C)c([N+](=O)[O-])c2)cc1. The molecule has 0 bridgehead atoms. The number of methoxy groups -OCH3 is 1. The summed E-state index contributed by atoms with van der Waals surface area (Å²) in [6, 6.07) is 16.0. The number of aryl methyl sites for hydroxylation is 1. The highest BCUT2D eigenvalue weighted by molar-refractivity contribution is 7.93. The van der Waals surface area contributed by atoms with Crippen molar-refractivity contribution in [3.05, 3.63) is 111 Å². The number of nitrogens with zero attached hydrogens (tertiary/aromatic N) is 2. The number of nitro groups is 1. The first-order valence-corrected chi connectivity index (χ1v) is 16.4. The molecule has 4 aromatic rings. The van der Waals surface area contributed by atoms with E-state index in [2.05, 4.69) is 5.32 Å². The van der Waals surface area contributed by atoms with Gasteiger partial charge < -0.3 is 10.1 Å². The Balaban J connectivity index is 1.57. The zero-order valence-electron chi connectivity index (χ0n) is 24.3. The van der Waals surface area contributed by atoms with Crippen LogP contribution in [0.2, 0.25) is 5.02 Å². The maximum Gasteiger partial charge on any atom is 0.417 e. The minimum Gasteiger partial charge on any atom is -0.497 e. The highest BCUT2D eigenvalue weighted by atomic mass is 35.5. The lowest BCUT2D eigenvalue weighted by Crippen LogP contribution is -2.38. The van der Waals surface area contributed by atoms with E-state index in [1.54, 1.807) is 0 Å². The van der Waals surface area contributed by atoms with E-state index in [0.29, 0.717) is 11.8 Å². The predicted octanol–water partition coefficient (Wildman–Crippen LogP) is 6.22. The van der Waals surface area contributed by atoms with Crippen LogP contribution in [0.5, 0.6) is 5.75 Å². The molecule has 0 saturated heterocycles. The first-order chi connectivity index (χ1) is 21.9. The Morgan fingerprint density at radius 3 is 2.09 bits per heavy atom. The molecule has 0 unspecified atom stereocenters. The Kier molecular flexibility index (Phi) is 10.0. The molecule has 4 rings (SSSR count). The minimum atomic E-state index is -4.82. The Labute approximate surface area is 272 Å². The zero-order chi connectivity index (χ0) is 34.7. The number of carbonyl (C=O) groups is 1. The van der Waals surface area contributed by atoms with E-state index in [1.165, 1.54) is 62.6 Å². The monoisotopic (exact) mass is 712 g/mol. The lowest BCUT2D eigenvalue weighted by molar-refractivity contribution is -0.385. The third kappa shape index (κ3) is 8.11. The van der Waals surface area contributed by atoms with Gasteiger partial charge in [0.2, 0.25) is 5.91 Å². The highest BCUT2D eigenvalue weighted by Crippen LogP contribution is 2.36. The average Bonchev–Trinajstić information content (AvgIpc) is 3.00. The van der Waals surface area contributed by atoms with E-state index in [1.807, 2.05) is 4.72 Å². The van der Waals surface area contributed by atoms with Crippen molar-refractivity contribution in [2.75, 3.05) is 28.0 Å². The van der Waals surface area contributed by atoms with Crippen LogP contribution in [0.15, 0.2) is 94.7 Å². The third-order valence-electron chi connectivity index (χ3n) is 6.59. The minimum absolute atomic E-state index is 0.0348. The van der Waals surface area contributed by atoms with Gasteiger partial charge in [-0.05, 0) is 79.7 Å². The predicted molar refractivity (Wildman–Crippen MR) is 168 cm³/mol. The molecule has 1 amide bonds. The quantitative estimate of drug-likeness (QED) is 0.137. The fourth-order valence-electron chi connectivity index (χ4n) is 4.21. The number of alkyl halides is 3. The second kappa shape index (κ2) is 13.5. The van der Waals surface area contributed by atoms with Crippen molar-refractivity contribution in [1.82, 2.24) is 0 Å². The van der Waals surface area contributed by atoms with Crippen LogP contribution in [-0.4, -0.2) is 41.3 Å². The molecule has 0 fully saturated rings. The molecule has 47 heavy (non-hydrogen) atoms. The number of halogens is 4. The van der Waals surface area contributed by atoms with Crippen molar-refractivity contribution < 1.29 is 44.5 Å². The van der Waals surface area contributed by atoms with Gasteiger partial charge in [0.05, 0.1) is 38.1 Å². The number of rotatable bonds is 11. The van der Waals surface area contributed by atoms with Crippen LogP contribution in [0, 0.1) is 17.0 Å². The highest BCUT2D eigenvalue weighted by Gasteiger charge is 2.34. The number of amides is 1. The Bertz CT molecular complexity index is 2040. The molecule has 0 heterocycles. The number of hydrogen-bond acceptors (Lipinski definition) is 8. The van der Waals surface area contributed by atoms with Gasteiger partial charge in [-0.2, -0.15) is 13.2 Å². The van der Waals surface area contributed by atoms with Gasteiger partial charge >= 0.3 is 6.18 Å². The van der Waals surface area contributed by atoms with Gasteiger partial charge in [0.1, 0.15) is 12.3 Å².